The number of likely N-dealkylation sites (tertiary alicyclic amines) is 1. The maximum absolute atomic E-state index is 3.66. The number of hydrogen-bond acceptors (Lipinski definition) is 2. The van der Waals surface area contributed by atoms with Gasteiger partial charge in [-0.1, -0.05) is 13.8 Å². The van der Waals surface area contributed by atoms with E-state index in [0.717, 1.165) is 11.8 Å². The molecule has 0 aliphatic carbocycles. The van der Waals surface area contributed by atoms with E-state index in [9.17, 15) is 0 Å². The average molecular weight is 210 g/mol. The minimum atomic E-state index is 0.403. The lowest BCUT2D eigenvalue weighted by Gasteiger charge is -2.39. The summed E-state index contributed by atoms with van der Waals surface area (Å²) in [5, 5.41) is 3.66. The largest absolute Gasteiger partial charge is 0.310 e. The van der Waals surface area contributed by atoms with Gasteiger partial charge in [-0.3, -0.25) is 0 Å². The minimum absolute atomic E-state index is 0.403. The fourth-order valence-corrected chi connectivity index (χ4v) is 3.08. The summed E-state index contributed by atoms with van der Waals surface area (Å²) < 4.78 is 0. The first kappa shape index (κ1) is 11.4. The van der Waals surface area contributed by atoms with Crippen LogP contribution in [0.15, 0.2) is 0 Å². The van der Waals surface area contributed by atoms with E-state index in [0.29, 0.717) is 5.54 Å². The second-order valence-electron chi connectivity index (χ2n) is 6.07. The molecule has 2 heteroatoms. The first-order valence-corrected chi connectivity index (χ1v) is 6.56. The number of nitrogens with one attached hydrogen (secondary N) is 1. The Hall–Kier alpha value is -0.0800. The van der Waals surface area contributed by atoms with Crippen LogP contribution in [0.4, 0.5) is 0 Å². The Balaban J connectivity index is 1.84. The Bertz CT molecular complexity index is 209. The molecule has 15 heavy (non-hydrogen) atoms. The van der Waals surface area contributed by atoms with Crippen molar-refractivity contribution in [1.29, 1.82) is 0 Å². The molecule has 2 aliphatic heterocycles. The Labute approximate surface area is 94.4 Å². The van der Waals surface area contributed by atoms with Crippen LogP contribution < -0.4 is 5.32 Å². The van der Waals surface area contributed by atoms with Crippen LogP contribution in [0.25, 0.3) is 0 Å². The van der Waals surface area contributed by atoms with E-state index in [-0.39, 0.29) is 0 Å². The van der Waals surface area contributed by atoms with Crippen LogP contribution in [0, 0.1) is 11.8 Å². The molecular formula is C13H26N2. The predicted molar refractivity (Wildman–Crippen MR) is 65.0 cm³/mol. The molecule has 0 saturated carbocycles. The molecular weight excluding hydrogens is 184 g/mol. The van der Waals surface area contributed by atoms with Crippen molar-refractivity contribution in [2.45, 2.75) is 45.6 Å². The summed E-state index contributed by atoms with van der Waals surface area (Å²) in [5.74, 6) is 1.80. The average Bonchev–Trinajstić information content (AvgIpc) is 2.59. The summed E-state index contributed by atoms with van der Waals surface area (Å²) in [7, 11) is 0. The minimum Gasteiger partial charge on any atom is -0.310 e. The number of hydrogen-bond donors (Lipinski definition) is 1. The van der Waals surface area contributed by atoms with Crippen molar-refractivity contribution in [3.05, 3.63) is 0 Å². The molecule has 1 N–H and O–H groups in total. The van der Waals surface area contributed by atoms with Crippen molar-refractivity contribution in [3.8, 4) is 0 Å². The second kappa shape index (κ2) is 4.42. The molecule has 0 bridgehead atoms. The van der Waals surface area contributed by atoms with Crippen molar-refractivity contribution in [2.24, 2.45) is 11.8 Å². The standard InChI is InChI=1S/C13H26N2/c1-11-5-8-15(9-12(11)2)10-13(3)6-4-7-14-13/h11-12,14H,4-10H2,1-3H3. The summed E-state index contributed by atoms with van der Waals surface area (Å²) >= 11 is 0. The van der Waals surface area contributed by atoms with Gasteiger partial charge in [0.1, 0.15) is 0 Å². The third-order valence-corrected chi connectivity index (χ3v) is 4.45. The van der Waals surface area contributed by atoms with Gasteiger partial charge in [-0.2, -0.15) is 0 Å². The van der Waals surface area contributed by atoms with Gasteiger partial charge in [0, 0.05) is 18.6 Å². The van der Waals surface area contributed by atoms with Gasteiger partial charge in [-0.25, -0.2) is 0 Å². The van der Waals surface area contributed by atoms with Gasteiger partial charge < -0.3 is 10.2 Å². The van der Waals surface area contributed by atoms with Gasteiger partial charge in [0.05, 0.1) is 0 Å². The molecule has 0 aromatic rings. The van der Waals surface area contributed by atoms with E-state index in [1.807, 2.05) is 0 Å². The fraction of sp³-hybridized carbons (Fsp3) is 1.00. The normalized spacial score (nSPS) is 43.4. The summed E-state index contributed by atoms with van der Waals surface area (Å²) in [5.41, 5.74) is 0.403. The third kappa shape index (κ3) is 2.73. The smallest absolute Gasteiger partial charge is 0.0280 e. The van der Waals surface area contributed by atoms with Gasteiger partial charge in [-0.15, -0.1) is 0 Å². The van der Waals surface area contributed by atoms with Gasteiger partial charge in [-0.05, 0) is 51.1 Å². The molecule has 2 fully saturated rings. The van der Waals surface area contributed by atoms with Crippen molar-refractivity contribution < 1.29 is 0 Å². The van der Waals surface area contributed by atoms with E-state index in [1.54, 1.807) is 0 Å². The van der Waals surface area contributed by atoms with Crippen molar-refractivity contribution >= 4 is 0 Å². The van der Waals surface area contributed by atoms with Crippen molar-refractivity contribution in [1.82, 2.24) is 10.2 Å². The zero-order valence-electron chi connectivity index (χ0n) is 10.6. The molecule has 0 spiro atoms. The molecule has 0 aromatic carbocycles. The van der Waals surface area contributed by atoms with E-state index in [1.165, 1.54) is 45.4 Å². The molecule has 88 valence electrons. The molecule has 0 radical (unpaired) electrons. The number of nitrogens with zero attached hydrogens (tertiary/aromatic N) is 1. The molecule has 0 aromatic heterocycles. The highest BCUT2D eigenvalue weighted by atomic mass is 15.2. The first-order valence-electron chi connectivity index (χ1n) is 6.56. The van der Waals surface area contributed by atoms with Crippen LogP contribution in [-0.4, -0.2) is 36.6 Å². The summed E-state index contributed by atoms with van der Waals surface area (Å²) in [4.78, 5) is 2.67. The molecule has 2 nitrogen and oxygen atoms in total. The number of piperidine rings is 1. The van der Waals surface area contributed by atoms with Crippen molar-refractivity contribution in [2.75, 3.05) is 26.2 Å². The SMILES string of the molecule is CC1CCN(CC2(C)CCCN2)CC1C. The summed E-state index contributed by atoms with van der Waals surface area (Å²) in [6, 6.07) is 0. The lowest BCUT2D eigenvalue weighted by atomic mass is 9.87. The van der Waals surface area contributed by atoms with Crippen LogP contribution in [0.3, 0.4) is 0 Å². The lowest BCUT2D eigenvalue weighted by Crippen LogP contribution is -2.50. The highest BCUT2D eigenvalue weighted by Gasteiger charge is 2.32. The van der Waals surface area contributed by atoms with Crippen molar-refractivity contribution in [3.63, 3.8) is 0 Å². The Morgan fingerprint density at radius 3 is 2.73 bits per heavy atom. The van der Waals surface area contributed by atoms with Gasteiger partial charge in [0.2, 0.25) is 0 Å². The van der Waals surface area contributed by atoms with Crippen LogP contribution in [-0.2, 0) is 0 Å². The molecule has 3 atom stereocenters. The molecule has 2 saturated heterocycles. The van der Waals surface area contributed by atoms with Gasteiger partial charge in [0.25, 0.3) is 0 Å². The Kier molecular flexibility index (Phi) is 3.36. The zero-order chi connectivity index (χ0) is 10.9. The van der Waals surface area contributed by atoms with E-state index in [2.05, 4.69) is 31.0 Å². The van der Waals surface area contributed by atoms with Crippen LogP contribution in [0.2, 0.25) is 0 Å². The summed E-state index contributed by atoms with van der Waals surface area (Å²) in [6.07, 6.45) is 4.10. The summed E-state index contributed by atoms with van der Waals surface area (Å²) in [6.45, 7) is 12.3. The molecule has 2 rings (SSSR count). The maximum atomic E-state index is 3.66. The van der Waals surface area contributed by atoms with Crippen LogP contribution >= 0.6 is 0 Å². The van der Waals surface area contributed by atoms with Crippen LogP contribution in [0.5, 0.6) is 0 Å². The highest BCUT2D eigenvalue weighted by Crippen LogP contribution is 2.26. The lowest BCUT2D eigenvalue weighted by molar-refractivity contribution is 0.110. The molecule has 2 aliphatic rings. The quantitative estimate of drug-likeness (QED) is 0.751. The third-order valence-electron chi connectivity index (χ3n) is 4.45. The zero-order valence-corrected chi connectivity index (χ0v) is 10.6. The van der Waals surface area contributed by atoms with Gasteiger partial charge >= 0.3 is 0 Å². The molecule has 0 amide bonds. The Morgan fingerprint density at radius 1 is 1.33 bits per heavy atom. The number of rotatable bonds is 2. The van der Waals surface area contributed by atoms with E-state index < -0.39 is 0 Å². The van der Waals surface area contributed by atoms with E-state index >= 15 is 0 Å². The monoisotopic (exact) mass is 210 g/mol. The molecule has 2 heterocycles. The second-order valence-corrected chi connectivity index (χ2v) is 6.07. The molecule has 3 unspecified atom stereocenters. The first-order chi connectivity index (χ1) is 7.09. The topological polar surface area (TPSA) is 15.3 Å². The fourth-order valence-electron chi connectivity index (χ4n) is 3.08. The Morgan fingerprint density at radius 2 is 2.13 bits per heavy atom. The predicted octanol–water partition coefficient (Wildman–Crippen LogP) is 2.11. The van der Waals surface area contributed by atoms with E-state index in [4.69, 9.17) is 0 Å². The highest BCUT2D eigenvalue weighted by molar-refractivity contribution is 4.92. The van der Waals surface area contributed by atoms with Crippen LogP contribution in [0.1, 0.15) is 40.0 Å². The van der Waals surface area contributed by atoms with Gasteiger partial charge in [0.15, 0.2) is 0 Å². The maximum Gasteiger partial charge on any atom is 0.0280 e.